The maximum Gasteiger partial charge on any atom is 0.416 e. The zero-order valence-corrected chi connectivity index (χ0v) is 15.2. The second-order valence-electron chi connectivity index (χ2n) is 6.29. The molecule has 0 aliphatic carbocycles. The van der Waals surface area contributed by atoms with Crippen molar-refractivity contribution in [2.45, 2.75) is 18.7 Å². The molecule has 0 bridgehead atoms. The van der Waals surface area contributed by atoms with Crippen molar-refractivity contribution in [1.29, 1.82) is 0 Å². The number of carboxylic acids is 1. The molecule has 146 valence electrons. The van der Waals surface area contributed by atoms with Crippen molar-refractivity contribution in [2.75, 3.05) is 0 Å². The molecule has 3 aromatic rings. The van der Waals surface area contributed by atoms with Gasteiger partial charge in [0.15, 0.2) is 5.60 Å². The number of hydrogen-bond donors (Lipinski definition) is 2. The Morgan fingerprint density at radius 1 is 1.07 bits per heavy atom. The Hall–Kier alpha value is -2.77. The molecule has 3 rings (SSSR count). The fourth-order valence-electron chi connectivity index (χ4n) is 2.72. The standard InChI is InChI=1S/C20H14ClF3O4/c1-19(27,18(25)26)14-8-6-11-4-2-3-5-13(11)17(14)28-16-9-7-12(10-15(16)21)20(22,23)24/h2-10,27H,1H3,(H,25,26). The predicted molar refractivity (Wildman–Crippen MR) is 97.7 cm³/mol. The normalized spacial score (nSPS) is 13.9. The van der Waals surface area contributed by atoms with Crippen LogP contribution in [-0.4, -0.2) is 16.2 Å². The first-order valence-electron chi connectivity index (χ1n) is 8.04. The van der Waals surface area contributed by atoms with E-state index in [1.807, 2.05) is 0 Å². The minimum atomic E-state index is -4.57. The monoisotopic (exact) mass is 410 g/mol. The minimum Gasteiger partial charge on any atom is -0.479 e. The number of aliphatic carboxylic acids is 1. The number of carbonyl (C=O) groups is 1. The molecule has 0 amide bonds. The van der Waals surface area contributed by atoms with E-state index in [9.17, 15) is 28.2 Å². The van der Waals surface area contributed by atoms with Crippen LogP contribution in [0.3, 0.4) is 0 Å². The van der Waals surface area contributed by atoms with E-state index in [0.717, 1.165) is 25.1 Å². The van der Waals surface area contributed by atoms with Gasteiger partial charge < -0.3 is 14.9 Å². The van der Waals surface area contributed by atoms with Gasteiger partial charge in [-0.05, 0) is 30.5 Å². The predicted octanol–water partition coefficient (Wildman–Crippen LogP) is 5.60. The lowest BCUT2D eigenvalue weighted by molar-refractivity contribution is -0.157. The second-order valence-corrected chi connectivity index (χ2v) is 6.69. The fraction of sp³-hybridized carbons (Fsp3) is 0.150. The highest BCUT2D eigenvalue weighted by atomic mass is 35.5. The van der Waals surface area contributed by atoms with Crippen LogP contribution >= 0.6 is 11.6 Å². The zero-order chi connectivity index (χ0) is 20.7. The van der Waals surface area contributed by atoms with Gasteiger partial charge in [-0.3, -0.25) is 0 Å². The Labute approximate surface area is 162 Å². The van der Waals surface area contributed by atoms with Crippen molar-refractivity contribution in [3.8, 4) is 11.5 Å². The molecule has 0 saturated heterocycles. The number of halogens is 4. The van der Waals surface area contributed by atoms with Gasteiger partial charge in [-0.25, -0.2) is 4.79 Å². The third-order valence-corrected chi connectivity index (χ3v) is 4.59. The van der Waals surface area contributed by atoms with E-state index in [0.29, 0.717) is 10.8 Å². The third kappa shape index (κ3) is 3.63. The molecule has 8 heteroatoms. The Morgan fingerprint density at radius 2 is 1.75 bits per heavy atom. The summed E-state index contributed by atoms with van der Waals surface area (Å²) in [7, 11) is 0. The molecule has 0 fully saturated rings. The number of ether oxygens (including phenoxy) is 1. The van der Waals surface area contributed by atoms with E-state index in [4.69, 9.17) is 16.3 Å². The van der Waals surface area contributed by atoms with Crippen molar-refractivity contribution in [2.24, 2.45) is 0 Å². The van der Waals surface area contributed by atoms with Gasteiger partial charge in [0.25, 0.3) is 0 Å². The average molecular weight is 411 g/mol. The number of rotatable bonds is 4. The number of benzene rings is 3. The van der Waals surface area contributed by atoms with Gasteiger partial charge >= 0.3 is 12.1 Å². The zero-order valence-electron chi connectivity index (χ0n) is 14.4. The third-order valence-electron chi connectivity index (χ3n) is 4.29. The van der Waals surface area contributed by atoms with Crippen LogP contribution in [0.15, 0.2) is 54.6 Å². The largest absolute Gasteiger partial charge is 0.479 e. The molecular formula is C20H14ClF3O4. The van der Waals surface area contributed by atoms with E-state index in [2.05, 4.69) is 0 Å². The van der Waals surface area contributed by atoms with Crippen molar-refractivity contribution in [3.05, 3.63) is 70.7 Å². The molecule has 28 heavy (non-hydrogen) atoms. The molecule has 0 aliphatic rings. The van der Waals surface area contributed by atoms with Crippen LogP contribution in [0.5, 0.6) is 11.5 Å². The molecule has 1 atom stereocenters. The quantitative estimate of drug-likeness (QED) is 0.588. The summed E-state index contributed by atoms with van der Waals surface area (Å²) < 4.78 is 44.3. The highest BCUT2D eigenvalue weighted by Gasteiger charge is 2.36. The molecule has 2 N–H and O–H groups in total. The van der Waals surface area contributed by atoms with E-state index < -0.39 is 23.3 Å². The maximum atomic E-state index is 12.8. The van der Waals surface area contributed by atoms with Gasteiger partial charge in [0, 0.05) is 10.9 Å². The van der Waals surface area contributed by atoms with Gasteiger partial charge in [-0.2, -0.15) is 13.2 Å². The molecule has 0 aliphatic heterocycles. The van der Waals surface area contributed by atoms with Gasteiger partial charge in [-0.15, -0.1) is 0 Å². The summed E-state index contributed by atoms with van der Waals surface area (Å²) in [4.78, 5) is 11.5. The van der Waals surface area contributed by atoms with Crippen LogP contribution < -0.4 is 4.74 Å². The summed E-state index contributed by atoms with van der Waals surface area (Å²) in [5.41, 5.74) is -3.30. The van der Waals surface area contributed by atoms with Crippen molar-refractivity contribution in [3.63, 3.8) is 0 Å². The summed E-state index contributed by atoms with van der Waals surface area (Å²) in [6.07, 6.45) is -4.57. The highest BCUT2D eigenvalue weighted by molar-refractivity contribution is 6.32. The van der Waals surface area contributed by atoms with Crippen molar-refractivity contribution in [1.82, 2.24) is 0 Å². The maximum absolute atomic E-state index is 12.8. The lowest BCUT2D eigenvalue weighted by Gasteiger charge is -2.23. The van der Waals surface area contributed by atoms with Crippen molar-refractivity contribution >= 4 is 28.3 Å². The summed E-state index contributed by atoms with van der Waals surface area (Å²) in [5.74, 6) is -1.62. The smallest absolute Gasteiger partial charge is 0.416 e. The topological polar surface area (TPSA) is 66.8 Å². The van der Waals surface area contributed by atoms with Gasteiger partial charge in [0.1, 0.15) is 11.5 Å². The first-order chi connectivity index (χ1) is 13.0. The first-order valence-corrected chi connectivity index (χ1v) is 8.42. The van der Waals surface area contributed by atoms with E-state index in [1.165, 1.54) is 6.07 Å². The first kappa shape index (κ1) is 20.0. The van der Waals surface area contributed by atoms with Gasteiger partial charge in [-0.1, -0.05) is 48.0 Å². The lowest BCUT2D eigenvalue weighted by atomic mass is 9.92. The number of hydrogen-bond acceptors (Lipinski definition) is 3. The number of carboxylic acid groups (broad SMARTS) is 1. The van der Waals surface area contributed by atoms with Gasteiger partial charge in [0.05, 0.1) is 10.6 Å². The van der Waals surface area contributed by atoms with E-state index >= 15 is 0 Å². The summed E-state index contributed by atoms with van der Waals surface area (Å²) in [5, 5.41) is 20.7. The number of alkyl halides is 3. The fourth-order valence-corrected chi connectivity index (χ4v) is 2.94. The molecule has 3 aromatic carbocycles. The summed E-state index contributed by atoms with van der Waals surface area (Å²) >= 11 is 5.96. The molecule has 1 unspecified atom stereocenters. The van der Waals surface area contributed by atoms with Crippen LogP contribution in [-0.2, 0) is 16.6 Å². The molecule has 0 saturated carbocycles. The molecule has 0 spiro atoms. The lowest BCUT2D eigenvalue weighted by Crippen LogP contribution is -2.32. The molecule has 0 heterocycles. The van der Waals surface area contributed by atoms with E-state index in [1.54, 1.807) is 30.3 Å². The Balaban J connectivity index is 2.18. The highest BCUT2D eigenvalue weighted by Crippen LogP contribution is 2.42. The number of fused-ring (bicyclic) bond motifs is 1. The summed E-state index contributed by atoms with van der Waals surface area (Å²) in [6.45, 7) is 1.08. The van der Waals surface area contributed by atoms with Crippen LogP contribution in [0.2, 0.25) is 5.02 Å². The van der Waals surface area contributed by atoms with Crippen molar-refractivity contribution < 1.29 is 32.9 Å². The molecule has 0 radical (unpaired) electrons. The Morgan fingerprint density at radius 3 is 2.36 bits per heavy atom. The minimum absolute atomic E-state index is 0.00726. The second kappa shape index (κ2) is 7.00. The van der Waals surface area contributed by atoms with E-state index in [-0.39, 0.29) is 22.1 Å². The SMILES string of the molecule is CC(O)(C(=O)O)c1ccc2ccccc2c1Oc1ccc(C(F)(F)F)cc1Cl. The van der Waals surface area contributed by atoms with Crippen LogP contribution in [0, 0.1) is 0 Å². The Kier molecular flexibility index (Phi) is 4.99. The molecule has 4 nitrogen and oxygen atoms in total. The summed E-state index contributed by atoms with van der Waals surface area (Å²) in [6, 6.07) is 12.4. The van der Waals surface area contributed by atoms with Crippen LogP contribution in [0.4, 0.5) is 13.2 Å². The average Bonchev–Trinajstić information content (AvgIpc) is 2.62. The van der Waals surface area contributed by atoms with Crippen LogP contribution in [0.25, 0.3) is 10.8 Å². The molecular weight excluding hydrogens is 397 g/mol. The molecule has 0 aromatic heterocycles. The number of aliphatic hydroxyl groups is 1. The van der Waals surface area contributed by atoms with Crippen LogP contribution in [0.1, 0.15) is 18.1 Å². The van der Waals surface area contributed by atoms with Gasteiger partial charge in [0.2, 0.25) is 0 Å². The Bertz CT molecular complexity index is 1060.